The molecule has 0 aliphatic heterocycles. The van der Waals surface area contributed by atoms with Gasteiger partial charge in [-0.15, -0.1) is 0 Å². The molecule has 21 heavy (non-hydrogen) atoms. The van der Waals surface area contributed by atoms with Crippen molar-refractivity contribution in [1.29, 1.82) is 0 Å². The van der Waals surface area contributed by atoms with Crippen LogP contribution in [0.5, 0.6) is 0 Å². The van der Waals surface area contributed by atoms with Crippen molar-refractivity contribution < 1.29 is 23.1 Å². The van der Waals surface area contributed by atoms with Gasteiger partial charge in [0.2, 0.25) is 5.91 Å². The van der Waals surface area contributed by atoms with Gasteiger partial charge < -0.3 is 10.4 Å². The zero-order valence-corrected chi connectivity index (χ0v) is 12.8. The average Bonchev–Trinajstić information content (AvgIpc) is 2.44. The van der Waals surface area contributed by atoms with Crippen LogP contribution in [0.25, 0.3) is 0 Å². The van der Waals surface area contributed by atoms with Gasteiger partial charge in [-0.25, -0.2) is 8.42 Å². The predicted molar refractivity (Wildman–Crippen MR) is 78.6 cm³/mol. The molecular weight excluding hydrogens is 294 g/mol. The molecular formula is C14H19NO5S. The minimum absolute atomic E-state index is 0.164. The molecule has 0 saturated carbocycles. The predicted octanol–water partition coefficient (Wildman–Crippen LogP) is 0.622. The van der Waals surface area contributed by atoms with E-state index in [2.05, 4.69) is 5.32 Å². The first-order valence-electron chi connectivity index (χ1n) is 6.57. The van der Waals surface area contributed by atoms with Gasteiger partial charge >= 0.3 is 5.97 Å². The molecule has 0 aliphatic rings. The lowest BCUT2D eigenvalue weighted by Crippen LogP contribution is -2.45. The number of aliphatic carboxylic acids is 1. The minimum atomic E-state index is -4.13. The fraction of sp³-hybridized carbons (Fsp3) is 0.429. The standard InChI is InChI=1S/C14H19NO5S/c1-3-15-13(16)10(2)21(19,20)12(14(17)18)9-11-7-5-4-6-8-11/h4-8,10,12H,3,9H2,1-2H3,(H,15,16)(H,17,18). The molecule has 2 N–H and O–H groups in total. The van der Waals surface area contributed by atoms with Gasteiger partial charge in [0, 0.05) is 6.54 Å². The van der Waals surface area contributed by atoms with E-state index >= 15 is 0 Å². The summed E-state index contributed by atoms with van der Waals surface area (Å²) in [5.41, 5.74) is 0.594. The van der Waals surface area contributed by atoms with E-state index in [1.54, 1.807) is 37.3 Å². The third-order valence-corrected chi connectivity index (χ3v) is 5.51. The summed E-state index contributed by atoms with van der Waals surface area (Å²) in [6.07, 6.45) is -0.164. The van der Waals surface area contributed by atoms with E-state index in [1.165, 1.54) is 6.92 Å². The Balaban J connectivity index is 3.04. The molecule has 1 rings (SSSR count). The van der Waals surface area contributed by atoms with E-state index in [-0.39, 0.29) is 13.0 Å². The van der Waals surface area contributed by atoms with E-state index in [9.17, 15) is 23.1 Å². The normalized spacial score (nSPS) is 14.2. The van der Waals surface area contributed by atoms with Crippen molar-refractivity contribution in [2.75, 3.05) is 6.54 Å². The van der Waals surface area contributed by atoms with Crippen molar-refractivity contribution in [2.24, 2.45) is 0 Å². The summed E-state index contributed by atoms with van der Waals surface area (Å²) < 4.78 is 24.7. The molecule has 2 unspecified atom stereocenters. The molecule has 0 fully saturated rings. The van der Waals surface area contributed by atoms with Crippen LogP contribution in [0.4, 0.5) is 0 Å². The molecule has 0 heterocycles. The summed E-state index contributed by atoms with van der Waals surface area (Å²) in [6, 6.07) is 8.47. The zero-order valence-electron chi connectivity index (χ0n) is 11.9. The van der Waals surface area contributed by atoms with Gasteiger partial charge in [0.1, 0.15) is 5.25 Å². The molecule has 0 bridgehead atoms. The third-order valence-electron chi connectivity index (χ3n) is 3.15. The van der Waals surface area contributed by atoms with E-state index in [4.69, 9.17) is 0 Å². The first-order chi connectivity index (χ1) is 9.80. The van der Waals surface area contributed by atoms with Crippen molar-refractivity contribution in [3.05, 3.63) is 35.9 Å². The number of carbonyl (C=O) groups is 2. The molecule has 1 aromatic rings. The Morgan fingerprint density at radius 1 is 1.24 bits per heavy atom. The fourth-order valence-electron chi connectivity index (χ4n) is 1.89. The molecule has 0 saturated heterocycles. The molecule has 1 amide bonds. The summed E-state index contributed by atoms with van der Waals surface area (Å²) in [7, 11) is -4.13. The lowest BCUT2D eigenvalue weighted by molar-refractivity contribution is -0.136. The maximum Gasteiger partial charge on any atom is 0.322 e. The summed E-state index contributed by atoms with van der Waals surface area (Å²) in [4.78, 5) is 23.0. The monoisotopic (exact) mass is 313 g/mol. The van der Waals surface area contributed by atoms with Crippen LogP contribution in [-0.2, 0) is 25.8 Å². The van der Waals surface area contributed by atoms with Crippen LogP contribution >= 0.6 is 0 Å². The maximum atomic E-state index is 12.4. The van der Waals surface area contributed by atoms with Crippen LogP contribution in [0.15, 0.2) is 30.3 Å². The summed E-state index contributed by atoms with van der Waals surface area (Å²) >= 11 is 0. The van der Waals surface area contributed by atoms with Gasteiger partial charge in [-0.3, -0.25) is 9.59 Å². The van der Waals surface area contributed by atoms with Crippen LogP contribution in [0, 0.1) is 0 Å². The highest BCUT2D eigenvalue weighted by atomic mass is 32.2. The number of nitrogens with one attached hydrogen (secondary N) is 1. The SMILES string of the molecule is CCNC(=O)C(C)S(=O)(=O)C(Cc1ccccc1)C(=O)O. The number of carbonyl (C=O) groups excluding carboxylic acids is 1. The van der Waals surface area contributed by atoms with Gasteiger partial charge in [0.25, 0.3) is 0 Å². The lowest BCUT2D eigenvalue weighted by Gasteiger charge is -2.18. The molecule has 0 radical (unpaired) electrons. The second-order valence-electron chi connectivity index (χ2n) is 4.64. The van der Waals surface area contributed by atoms with Gasteiger partial charge in [-0.05, 0) is 25.8 Å². The number of hydrogen-bond acceptors (Lipinski definition) is 4. The number of carboxylic acids is 1. The fourth-order valence-corrected chi connectivity index (χ4v) is 3.47. The van der Waals surface area contributed by atoms with Crippen LogP contribution in [0.3, 0.4) is 0 Å². The second kappa shape index (κ2) is 7.21. The number of sulfone groups is 1. The Morgan fingerprint density at radius 3 is 2.29 bits per heavy atom. The van der Waals surface area contributed by atoms with Crippen molar-refractivity contribution in [2.45, 2.75) is 30.8 Å². The first-order valence-corrected chi connectivity index (χ1v) is 8.18. The first kappa shape index (κ1) is 17.2. The highest BCUT2D eigenvalue weighted by Gasteiger charge is 2.40. The Bertz CT molecular complexity index is 597. The molecule has 2 atom stereocenters. The molecule has 7 heteroatoms. The third kappa shape index (κ3) is 4.29. The molecule has 0 aliphatic carbocycles. The average molecular weight is 313 g/mol. The Morgan fingerprint density at radius 2 is 1.81 bits per heavy atom. The van der Waals surface area contributed by atoms with E-state index in [0.29, 0.717) is 5.56 Å². The quantitative estimate of drug-likeness (QED) is 0.768. The number of rotatable bonds is 7. The highest BCUT2D eigenvalue weighted by molar-refractivity contribution is 7.94. The summed E-state index contributed by atoms with van der Waals surface area (Å²) in [5, 5.41) is 8.58. The van der Waals surface area contributed by atoms with Gasteiger partial charge in [-0.2, -0.15) is 0 Å². The Hall–Kier alpha value is -1.89. The highest BCUT2D eigenvalue weighted by Crippen LogP contribution is 2.16. The number of amides is 1. The second-order valence-corrected chi connectivity index (χ2v) is 7.10. The maximum absolute atomic E-state index is 12.4. The molecule has 6 nitrogen and oxygen atoms in total. The van der Waals surface area contributed by atoms with E-state index in [0.717, 1.165) is 0 Å². The zero-order chi connectivity index (χ0) is 16.0. The Kier molecular flexibility index (Phi) is 5.90. The van der Waals surface area contributed by atoms with E-state index < -0.39 is 32.2 Å². The molecule has 1 aromatic carbocycles. The van der Waals surface area contributed by atoms with E-state index in [1.807, 2.05) is 0 Å². The molecule has 116 valence electrons. The van der Waals surface area contributed by atoms with Gasteiger partial charge in [0.05, 0.1) is 0 Å². The summed E-state index contributed by atoms with van der Waals surface area (Å²) in [6.45, 7) is 3.16. The van der Waals surface area contributed by atoms with Crippen LogP contribution in [0.1, 0.15) is 19.4 Å². The van der Waals surface area contributed by atoms with Crippen LogP contribution in [0.2, 0.25) is 0 Å². The van der Waals surface area contributed by atoms with Gasteiger partial charge in [-0.1, -0.05) is 30.3 Å². The summed E-state index contributed by atoms with van der Waals surface area (Å²) in [5.74, 6) is -2.13. The Labute approximate surface area is 124 Å². The van der Waals surface area contributed by atoms with Crippen molar-refractivity contribution >= 4 is 21.7 Å². The van der Waals surface area contributed by atoms with Crippen LogP contribution in [-0.4, -0.2) is 42.4 Å². The smallest absolute Gasteiger partial charge is 0.322 e. The van der Waals surface area contributed by atoms with Gasteiger partial charge in [0.15, 0.2) is 15.1 Å². The topological polar surface area (TPSA) is 101 Å². The van der Waals surface area contributed by atoms with Crippen molar-refractivity contribution in [3.8, 4) is 0 Å². The lowest BCUT2D eigenvalue weighted by atomic mass is 10.1. The number of hydrogen-bond donors (Lipinski definition) is 2. The number of benzene rings is 1. The van der Waals surface area contributed by atoms with Crippen LogP contribution < -0.4 is 5.32 Å². The minimum Gasteiger partial charge on any atom is -0.480 e. The molecule has 0 spiro atoms. The largest absolute Gasteiger partial charge is 0.480 e. The van der Waals surface area contributed by atoms with Crippen molar-refractivity contribution in [1.82, 2.24) is 5.32 Å². The number of carboxylic acid groups (broad SMARTS) is 1. The van der Waals surface area contributed by atoms with Crippen molar-refractivity contribution in [3.63, 3.8) is 0 Å². The molecule has 0 aromatic heterocycles.